The van der Waals surface area contributed by atoms with Crippen LogP contribution in [0.5, 0.6) is 0 Å². The molecule has 0 fully saturated rings. The molecule has 0 unspecified atom stereocenters. The molecule has 62 heavy (non-hydrogen) atoms. The molecule has 11 nitrogen and oxygen atoms in total. The summed E-state index contributed by atoms with van der Waals surface area (Å²) in [6.07, 6.45) is 0. The molecule has 10 rings (SSSR count). The standard InChI is InChI=1S/C51H23N11/c52-24-30-10-16-43(61-45-20-32(26-54)6-12-37(45)38-13-7-33(27-55)21-46(38)61)41(18-30)50-58-49(36-4-2-1-3-5-36)59-51(60-50)42-19-31(25-53)11-17-44(42)62-47-22-34(28-56)8-14-39(47)40-15-9-35(29-57)23-48(40)62/h1-23H. The molecule has 0 N–H and O–H groups in total. The van der Waals surface area contributed by atoms with Crippen LogP contribution in [0.1, 0.15) is 33.4 Å². The molecular weight excluding hydrogens is 767 g/mol. The summed E-state index contributed by atoms with van der Waals surface area (Å²) in [5.74, 6) is 0.726. The summed E-state index contributed by atoms with van der Waals surface area (Å²) in [6.45, 7) is 0. The van der Waals surface area contributed by atoms with E-state index in [1.54, 1.807) is 84.9 Å². The van der Waals surface area contributed by atoms with Crippen LogP contribution in [0.3, 0.4) is 0 Å². The lowest BCUT2D eigenvalue weighted by atomic mass is 10.1. The Morgan fingerprint density at radius 2 is 0.629 bits per heavy atom. The van der Waals surface area contributed by atoms with Crippen molar-refractivity contribution in [1.29, 1.82) is 31.6 Å². The molecule has 10 aromatic rings. The zero-order chi connectivity index (χ0) is 42.5. The fraction of sp³-hybridized carbons (Fsp3) is 0. The van der Waals surface area contributed by atoms with Gasteiger partial charge in [-0.3, -0.25) is 0 Å². The molecule has 282 valence electrons. The Hall–Kier alpha value is -9.91. The maximum absolute atomic E-state index is 10.3. The van der Waals surface area contributed by atoms with Crippen molar-refractivity contribution < 1.29 is 0 Å². The van der Waals surface area contributed by atoms with Crippen LogP contribution in [0.25, 0.3) is 89.2 Å². The van der Waals surface area contributed by atoms with Crippen LogP contribution >= 0.6 is 0 Å². The third-order valence-electron chi connectivity index (χ3n) is 10.9. The first-order chi connectivity index (χ1) is 30.4. The molecule has 0 atom stereocenters. The van der Waals surface area contributed by atoms with Gasteiger partial charge in [-0.25, -0.2) is 15.0 Å². The average Bonchev–Trinajstić information content (AvgIpc) is 3.84. The van der Waals surface area contributed by atoms with Crippen LogP contribution in [0.2, 0.25) is 0 Å². The summed E-state index contributed by atoms with van der Waals surface area (Å²) in [5, 5.41) is 63.8. The molecule has 0 bridgehead atoms. The van der Waals surface area contributed by atoms with E-state index in [4.69, 9.17) is 15.0 Å². The van der Waals surface area contributed by atoms with E-state index < -0.39 is 0 Å². The van der Waals surface area contributed by atoms with E-state index in [-0.39, 0.29) is 11.6 Å². The predicted octanol–water partition coefficient (Wildman–Crippen LogP) is 10.3. The second-order valence-corrected chi connectivity index (χ2v) is 14.4. The predicted molar refractivity (Wildman–Crippen MR) is 233 cm³/mol. The molecule has 3 heterocycles. The minimum absolute atomic E-state index is 0.206. The highest BCUT2D eigenvalue weighted by Crippen LogP contribution is 2.40. The highest BCUT2D eigenvalue weighted by molar-refractivity contribution is 6.11. The molecule has 0 radical (unpaired) electrons. The Balaban J connectivity index is 1.32. The van der Waals surface area contributed by atoms with Gasteiger partial charge >= 0.3 is 0 Å². The highest BCUT2D eigenvalue weighted by atomic mass is 15.1. The van der Waals surface area contributed by atoms with Crippen molar-refractivity contribution in [2.45, 2.75) is 0 Å². The van der Waals surface area contributed by atoms with Crippen molar-refractivity contribution in [3.8, 4) is 82.0 Å². The van der Waals surface area contributed by atoms with E-state index in [0.717, 1.165) is 21.5 Å². The van der Waals surface area contributed by atoms with Gasteiger partial charge in [-0.05, 0) is 84.9 Å². The van der Waals surface area contributed by atoms with Gasteiger partial charge in [0.15, 0.2) is 17.5 Å². The zero-order valence-electron chi connectivity index (χ0n) is 32.2. The number of rotatable bonds is 5. The lowest BCUT2D eigenvalue weighted by molar-refractivity contribution is 1.06. The first kappa shape index (κ1) is 36.4. The van der Waals surface area contributed by atoms with E-state index in [2.05, 4.69) is 36.4 Å². The van der Waals surface area contributed by atoms with Crippen molar-refractivity contribution in [2.24, 2.45) is 0 Å². The van der Waals surface area contributed by atoms with Gasteiger partial charge in [0.1, 0.15) is 0 Å². The van der Waals surface area contributed by atoms with Crippen LogP contribution in [-0.4, -0.2) is 24.1 Å². The van der Waals surface area contributed by atoms with Crippen LogP contribution in [-0.2, 0) is 0 Å². The van der Waals surface area contributed by atoms with Crippen LogP contribution in [0, 0.1) is 68.0 Å². The summed E-state index contributed by atoms with van der Waals surface area (Å²) in [6, 6.07) is 55.0. The molecule has 0 aliphatic carbocycles. The summed E-state index contributed by atoms with van der Waals surface area (Å²) in [7, 11) is 0. The average molecular weight is 790 g/mol. The van der Waals surface area contributed by atoms with Gasteiger partial charge in [0.2, 0.25) is 0 Å². The zero-order valence-corrected chi connectivity index (χ0v) is 32.2. The summed E-state index contributed by atoms with van der Waals surface area (Å²) >= 11 is 0. The Bertz CT molecular complexity index is 3460. The molecule has 0 saturated heterocycles. The minimum Gasteiger partial charge on any atom is -0.308 e. The normalized spacial score (nSPS) is 10.8. The summed E-state index contributed by atoms with van der Waals surface area (Å²) < 4.78 is 3.90. The van der Waals surface area contributed by atoms with Crippen LogP contribution in [0.4, 0.5) is 0 Å². The topological polar surface area (TPSA) is 191 Å². The lowest BCUT2D eigenvalue weighted by Gasteiger charge is -2.17. The molecule has 0 aliphatic heterocycles. The molecule has 3 aromatic heterocycles. The molecular formula is C51H23N11. The number of fused-ring (bicyclic) bond motifs is 6. The second-order valence-electron chi connectivity index (χ2n) is 14.4. The van der Waals surface area contributed by atoms with Gasteiger partial charge < -0.3 is 9.13 Å². The third-order valence-corrected chi connectivity index (χ3v) is 10.9. The van der Waals surface area contributed by atoms with Crippen molar-refractivity contribution in [3.63, 3.8) is 0 Å². The molecule has 11 heteroatoms. The largest absolute Gasteiger partial charge is 0.308 e. The van der Waals surface area contributed by atoms with Crippen molar-refractivity contribution >= 4 is 43.6 Å². The molecule has 0 amide bonds. The monoisotopic (exact) mass is 789 g/mol. The maximum atomic E-state index is 10.3. The summed E-state index contributed by atoms with van der Waals surface area (Å²) in [5.41, 5.74) is 7.94. The van der Waals surface area contributed by atoms with E-state index >= 15 is 0 Å². The first-order valence-corrected chi connectivity index (χ1v) is 19.1. The van der Waals surface area contributed by atoms with E-state index in [0.29, 0.717) is 89.3 Å². The first-order valence-electron chi connectivity index (χ1n) is 19.1. The fourth-order valence-electron chi connectivity index (χ4n) is 8.13. The number of aromatic nitrogens is 5. The van der Waals surface area contributed by atoms with Crippen molar-refractivity contribution in [1.82, 2.24) is 24.1 Å². The number of benzene rings is 7. The van der Waals surface area contributed by atoms with E-state index in [1.165, 1.54) is 0 Å². The highest BCUT2D eigenvalue weighted by Gasteiger charge is 2.24. The number of hydrogen-bond donors (Lipinski definition) is 0. The van der Waals surface area contributed by atoms with Crippen molar-refractivity contribution in [2.75, 3.05) is 0 Å². The van der Waals surface area contributed by atoms with Gasteiger partial charge in [0, 0.05) is 38.2 Å². The smallest absolute Gasteiger partial charge is 0.166 e. The molecule has 7 aromatic carbocycles. The number of hydrogen-bond acceptors (Lipinski definition) is 9. The quantitative estimate of drug-likeness (QED) is 0.163. The molecule has 0 saturated carbocycles. The van der Waals surface area contributed by atoms with E-state index in [1.807, 2.05) is 63.7 Å². The van der Waals surface area contributed by atoms with Crippen LogP contribution in [0.15, 0.2) is 140 Å². The Labute approximate surface area is 352 Å². The SMILES string of the molecule is N#Cc1ccc(-n2c3cc(C#N)ccc3c3ccc(C#N)cc32)c(-c2nc(-c3ccccc3)nc(-c3cc(C#N)ccc3-n3c4cc(C#N)ccc4c4ccc(C#N)cc43)n2)c1. The Kier molecular flexibility index (Phi) is 8.51. The van der Waals surface area contributed by atoms with Gasteiger partial charge in [-0.1, -0.05) is 54.6 Å². The number of nitriles is 6. The van der Waals surface area contributed by atoms with Crippen LogP contribution < -0.4 is 0 Å². The van der Waals surface area contributed by atoms with Gasteiger partial charge in [0.25, 0.3) is 0 Å². The lowest BCUT2D eigenvalue weighted by Crippen LogP contribution is -2.06. The third kappa shape index (κ3) is 5.81. The Morgan fingerprint density at radius 1 is 0.323 bits per heavy atom. The minimum atomic E-state index is 0.206. The second kappa shape index (κ2) is 14.5. The van der Waals surface area contributed by atoms with Gasteiger partial charge in [0.05, 0.1) is 103 Å². The van der Waals surface area contributed by atoms with Gasteiger partial charge in [-0.2, -0.15) is 31.6 Å². The number of nitrogens with zero attached hydrogens (tertiary/aromatic N) is 11. The van der Waals surface area contributed by atoms with E-state index in [9.17, 15) is 31.6 Å². The fourth-order valence-corrected chi connectivity index (χ4v) is 8.13. The maximum Gasteiger partial charge on any atom is 0.166 e. The molecule has 0 spiro atoms. The molecule has 0 aliphatic rings. The Morgan fingerprint density at radius 3 is 0.968 bits per heavy atom. The van der Waals surface area contributed by atoms with Gasteiger partial charge in [-0.15, -0.1) is 0 Å². The summed E-state index contributed by atoms with van der Waals surface area (Å²) in [4.78, 5) is 15.3. The van der Waals surface area contributed by atoms with Crippen molar-refractivity contribution in [3.05, 3.63) is 173 Å².